The molecule has 3 heterocycles. The molecule has 3 aliphatic rings. The van der Waals surface area contributed by atoms with Crippen LogP contribution in [0, 0.1) is 11.8 Å². The third-order valence-corrected chi connectivity index (χ3v) is 7.19. The predicted molar refractivity (Wildman–Crippen MR) is 118 cm³/mol. The van der Waals surface area contributed by atoms with Gasteiger partial charge in [-0.25, -0.2) is 9.97 Å². The number of aromatic nitrogens is 3. The molecular formula is C24H27N5O2. The lowest BCUT2D eigenvalue weighted by Gasteiger charge is -2.36. The van der Waals surface area contributed by atoms with Crippen molar-refractivity contribution in [2.24, 2.45) is 11.8 Å². The maximum Gasteiger partial charge on any atom is 0.251 e. The Balaban J connectivity index is 1.20. The van der Waals surface area contributed by atoms with Gasteiger partial charge in [-0.2, -0.15) is 0 Å². The quantitative estimate of drug-likeness (QED) is 0.682. The summed E-state index contributed by atoms with van der Waals surface area (Å²) in [5.41, 5.74) is 2.72. The van der Waals surface area contributed by atoms with Crippen molar-refractivity contribution in [1.82, 2.24) is 19.9 Å². The van der Waals surface area contributed by atoms with Crippen molar-refractivity contribution in [3.05, 3.63) is 54.5 Å². The summed E-state index contributed by atoms with van der Waals surface area (Å²) in [5.74, 6) is 1.77. The zero-order valence-electron chi connectivity index (χ0n) is 17.4. The van der Waals surface area contributed by atoms with Gasteiger partial charge in [0.05, 0.1) is 29.5 Å². The molecule has 1 saturated heterocycles. The Labute approximate surface area is 181 Å². The molecule has 7 heteroatoms. The third kappa shape index (κ3) is 3.47. The summed E-state index contributed by atoms with van der Waals surface area (Å²) >= 11 is 0. The van der Waals surface area contributed by atoms with Crippen LogP contribution in [0.4, 0.5) is 5.82 Å². The van der Waals surface area contributed by atoms with Crippen molar-refractivity contribution in [3.8, 4) is 0 Å². The summed E-state index contributed by atoms with van der Waals surface area (Å²) in [4.78, 5) is 23.8. The van der Waals surface area contributed by atoms with Crippen molar-refractivity contribution in [3.63, 3.8) is 0 Å². The first-order valence-electron chi connectivity index (χ1n) is 11.3. The Morgan fingerprint density at radius 1 is 1.06 bits per heavy atom. The first-order valence-corrected chi connectivity index (χ1v) is 11.3. The largest absolute Gasteiger partial charge is 0.391 e. The predicted octanol–water partition coefficient (Wildman–Crippen LogP) is 2.77. The van der Waals surface area contributed by atoms with E-state index in [9.17, 15) is 9.90 Å². The van der Waals surface area contributed by atoms with E-state index in [1.165, 1.54) is 0 Å². The molecule has 0 spiro atoms. The summed E-state index contributed by atoms with van der Waals surface area (Å²) in [5, 5.41) is 14.0. The van der Waals surface area contributed by atoms with Gasteiger partial charge in [0, 0.05) is 30.9 Å². The van der Waals surface area contributed by atoms with Crippen LogP contribution in [0.15, 0.2) is 48.9 Å². The third-order valence-electron chi connectivity index (χ3n) is 7.19. The topological polar surface area (TPSA) is 83.3 Å². The number of nitrogens with one attached hydrogen (secondary N) is 1. The van der Waals surface area contributed by atoms with Gasteiger partial charge in [-0.05, 0) is 61.8 Å². The number of nitrogens with zero attached hydrogens (tertiary/aromatic N) is 4. The monoisotopic (exact) mass is 417 g/mol. The number of anilines is 1. The van der Waals surface area contributed by atoms with Gasteiger partial charge in [0.25, 0.3) is 5.91 Å². The molecule has 2 aliphatic carbocycles. The molecule has 1 amide bonds. The molecule has 3 fully saturated rings. The number of para-hydroxylation sites is 2. The number of hydrogen-bond acceptors (Lipinski definition) is 5. The minimum absolute atomic E-state index is 0.00904. The number of benzene rings is 1. The number of pyridine rings is 1. The smallest absolute Gasteiger partial charge is 0.251 e. The molecule has 3 aromatic rings. The van der Waals surface area contributed by atoms with Crippen LogP contribution in [0.3, 0.4) is 0 Å². The molecule has 0 radical (unpaired) electrons. The lowest BCUT2D eigenvalue weighted by Crippen LogP contribution is -2.36. The van der Waals surface area contributed by atoms with Crippen LogP contribution in [0.1, 0.15) is 42.1 Å². The number of amides is 1. The van der Waals surface area contributed by atoms with Crippen LogP contribution in [-0.2, 0) is 0 Å². The van der Waals surface area contributed by atoms with Gasteiger partial charge < -0.3 is 19.9 Å². The second-order valence-electron chi connectivity index (χ2n) is 9.32. The standard InChI is InChI=1S/C24H27N5O2/c30-22-10-17-13-28(23-11-15(7-8-25-23)24(31)27-18-5-6-18)12-16(17)9-21(22)29-14-26-19-3-1-2-4-20(19)29/h1-4,7-8,11,14,16-18,21-22,30H,5-6,9-10,12-13H2,(H,27,31)/t16-,17+,21-,22-/m1/s1. The summed E-state index contributed by atoms with van der Waals surface area (Å²) in [6.45, 7) is 1.78. The van der Waals surface area contributed by atoms with Crippen LogP contribution in [-0.4, -0.2) is 50.8 Å². The Morgan fingerprint density at radius 3 is 2.71 bits per heavy atom. The average molecular weight is 418 g/mol. The van der Waals surface area contributed by atoms with Gasteiger partial charge in [0.1, 0.15) is 5.82 Å². The van der Waals surface area contributed by atoms with Gasteiger partial charge in [-0.1, -0.05) is 12.1 Å². The van der Waals surface area contributed by atoms with Gasteiger partial charge in [-0.15, -0.1) is 0 Å². The van der Waals surface area contributed by atoms with Crippen LogP contribution in [0.5, 0.6) is 0 Å². The molecule has 160 valence electrons. The van der Waals surface area contributed by atoms with E-state index in [0.717, 1.165) is 55.6 Å². The van der Waals surface area contributed by atoms with Crippen molar-refractivity contribution in [2.75, 3.05) is 18.0 Å². The lowest BCUT2D eigenvalue weighted by atomic mass is 9.77. The lowest BCUT2D eigenvalue weighted by molar-refractivity contribution is 0.0375. The van der Waals surface area contributed by atoms with E-state index in [4.69, 9.17) is 0 Å². The van der Waals surface area contributed by atoms with Crippen molar-refractivity contribution in [1.29, 1.82) is 0 Å². The number of hydrogen-bond donors (Lipinski definition) is 2. The highest BCUT2D eigenvalue weighted by Crippen LogP contribution is 2.43. The molecule has 0 bridgehead atoms. The van der Waals surface area contributed by atoms with Gasteiger partial charge in [-0.3, -0.25) is 4.79 Å². The van der Waals surface area contributed by atoms with Gasteiger partial charge in [0.2, 0.25) is 0 Å². The Morgan fingerprint density at radius 2 is 1.87 bits per heavy atom. The van der Waals surface area contributed by atoms with Crippen LogP contribution in [0.25, 0.3) is 11.0 Å². The average Bonchev–Trinajstić information content (AvgIpc) is 3.34. The minimum Gasteiger partial charge on any atom is -0.391 e. The van der Waals surface area contributed by atoms with E-state index in [1.807, 2.05) is 30.6 Å². The molecule has 2 aromatic heterocycles. The second-order valence-corrected chi connectivity index (χ2v) is 9.32. The number of aliphatic hydroxyl groups is 1. The number of rotatable bonds is 4. The first kappa shape index (κ1) is 18.8. The highest BCUT2D eigenvalue weighted by molar-refractivity contribution is 5.95. The number of carbonyl (C=O) groups is 1. The van der Waals surface area contributed by atoms with E-state index in [-0.39, 0.29) is 18.1 Å². The van der Waals surface area contributed by atoms with Crippen molar-refractivity contribution < 1.29 is 9.90 Å². The van der Waals surface area contributed by atoms with E-state index >= 15 is 0 Å². The highest BCUT2D eigenvalue weighted by Gasteiger charge is 2.43. The van der Waals surface area contributed by atoms with Crippen LogP contribution < -0.4 is 10.2 Å². The maximum atomic E-state index is 12.4. The zero-order valence-corrected chi connectivity index (χ0v) is 17.4. The summed E-state index contributed by atoms with van der Waals surface area (Å²) in [6.07, 6.45) is 7.07. The minimum atomic E-state index is -0.387. The van der Waals surface area contributed by atoms with E-state index in [0.29, 0.717) is 23.4 Å². The summed E-state index contributed by atoms with van der Waals surface area (Å²) in [7, 11) is 0. The normalized spacial score (nSPS) is 28.0. The fraction of sp³-hybridized carbons (Fsp3) is 0.458. The Kier molecular flexibility index (Phi) is 4.45. The second kappa shape index (κ2) is 7.34. The molecule has 6 rings (SSSR count). The van der Waals surface area contributed by atoms with Crippen molar-refractivity contribution in [2.45, 2.75) is 43.9 Å². The van der Waals surface area contributed by atoms with Crippen LogP contribution in [0.2, 0.25) is 0 Å². The van der Waals surface area contributed by atoms with E-state index in [1.54, 1.807) is 12.3 Å². The molecule has 2 saturated carbocycles. The van der Waals surface area contributed by atoms with Gasteiger partial charge >= 0.3 is 0 Å². The fourth-order valence-electron chi connectivity index (χ4n) is 5.36. The molecule has 0 unspecified atom stereocenters. The number of fused-ring (bicyclic) bond motifs is 2. The molecule has 1 aromatic carbocycles. The highest BCUT2D eigenvalue weighted by atomic mass is 16.3. The zero-order chi connectivity index (χ0) is 20.9. The summed E-state index contributed by atoms with van der Waals surface area (Å²) in [6, 6.07) is 12.2. The summed E-state index contributed by atoms with van der Waals surface area (Å²) < 4.78 is 2.15. The Bertz CT molecular complexity index is 1120. The van der Waals surface area contributed by atoms with Gasteiger partial charge in [0.15, 0.2) is 0 Å². The van der Waals surface area contributed by atoms with Crippen molar-refractivity contribution >= 4 is 22.8 Å². The maximum absolute atomic E-state index is 12.4. The molecule has 7 nitrogen and oxygen atoms in total. The number of carbonyl (C=O) groups excluding carboxylic acids is 1. The SMILES string of the molecule is O=C(NC1CC1)c1ccnc(N2C[C@H]3C[C@@H](n4cnc5ccccc54)[C@H](O)C[C@H]3C2)c1. The number of aliphatic hydroxyl groups excluding tert-OH is 1. The molecule has 1 aliphatic heterocycles. The molecule has 2 N–H and O–H groups in total. The Hall–Kier alpha value is -2.93. The first-order chi connectivity index (χ1) is 15.2. The molecule has 31 heavy (non-hydrogen) atoms. The molecular weight excluding hydrogens is 390 g/mol. The number of imidazole rings is 1. The molecule has 4 atom stereocenters. The van der Waals surface area contributed by atoms with Crippen LogP contribution >= 0.6 is 0 Å². The van der Waals surface area contributed by atoms with E-state index in [2.05, 4.69) is 30.8 Å². The van der Waals surface area contributed by atoms with E-state index < -0.39 is 0 Å². The fourth-order valence-corrected chi connectivity index (χ4v) is 5.36.